The molecule has 0 unspecified atom stereocenters. The zero-order chi connectivity index (χ0) is 17.4. The first-order valence-corrected chi connectivity index (χ1v) is 9.54. The molecule has 0 spiro atoms. The highest BCUT2D eigenvalue weighted by molar-refractivity contribution is 7.17. The van der Waals surface area contributed by atoms with Crippen LogP contribution in [-0.4, -0.2) is 28.2 Å². The lowest BCUT2D eigenvalue weighted by Crippen LogP contribution is -2.11. The van der Waals surface area contributed by atoms with Crippen molar-refractivity contribution in [3.8, 4) is 16.3 Å². The lowest BCUT2D eigenvalue weighted by molar-refractivity contribution is 0.102. The van der Waals surface area contributed by atoms with Crippen molar-refractivity contribution in [1.82, 2.24) is 15.2 Å². The molecular formula is C17H16N4O2S2. The number of thiazole rings is 1. The van der Waals surface area contributed by atoms with Crippen molar-refractivity contribution in [3.63, 3.8) is 0 Å². The van der Waals surface area contributed by atoms with Crippen molar-refractivity contribution in [2.24, 2.45) is 0 Å². The lowest BCUT2D eigenvalue weighted by Gasteiger charge is -2.01. The summed E-state index contributed by atoms with van der Waals surface area (Å²) in [5, 5.41) is 13.4. The predicted octanol–water partition coefficient (Wildman–Crippen LogP) is 4.11. The number of hydrogen-bond acceptors (Lipinski definition) is 7. The highest BCUT2D eigenvalue weighted by atomic mass is 32.1. The van der Waals surface area contributed by atoms with Crippen LogP contribution in [0.1, 0.15) is 39.1 Å². The number of methoxy groups -OCH3 is 1. The third-order valence-electron chi connectivity index (χ3n) is 3.91. The van der Waals surface area contributed by atoms with E-state index in [2.05, 4.69) is 20.5 Å². The number of anilines is 1. The fourth-order valence-corrected chi connectivity index (χ4v) is 4.29. The molecule has 1 amide bonds. The van der Waals surface area contributed by atoms with E-state index in [1.165, 1.54) is 35.5 Å². The van der Waals surface area contributed by atoms with Crippen LogP contribution in [0.3, 0.4) is 0 Å². The van der Waals surface area contributed by atoms with E-state index in [0.717, 1.165) is 21.3 Å². The van der Waals surface area contributed by atoms with E-state index < -0.39 is 0 Å². The minimum Gasteiger partial charge on any atom is -0.497 e. The standard InChI is InChI=1S/C17H16N4O2S2/c1-9-13(14(22)19-17-21-20-16(25-17)10-6-7-10)24-15(18-9)11-4-3-5-12(8-11)23-2/h3-5,8,10H,6-7H2,1-2H3,(H,19,21,22). The van der Waals surface area contributed by atoms with Gasteiger partial charge in [0.2, 0.25) is 5.13 Å². The molecule has 2 aromatic heterocycles. The molecule has 1 aromatic carbocycles. The topological polar surface area (TPSA) is 77.0 Å². The molecule has 3 aromatic rings. The predicted molar refractivity (Wildman–Crippen MR) is 98.7 cm³/mol. The molecule has 1 saturated carbocycles. The van der Waals surface area contributed by atoms with E-state index in [0.29, 0.717) is 21.6 Å². The fourth-order valence-electron chi connectivity index (χ4n) is 2.42. The second-order valence-corrected chi connectivity index (χ2v) is 7.85. The zero-order valence-corrected chi connectivity index (χ0v) is 15.4. The molecule has 4 rings (SSSR count). The van der Waals surface area contributed by atoms with Crippen molar-refractivity contribution in [3.05, 3.63) is 39.8 Å². The lowest BCUT2D eigenvalue weighted by atomic mass is 10.2. The van der Waals surface area contributed by atoms with Gasteiger partial charge in [0.25, 0.3) is 5.91 Å². The third kappa shape index (κ3) is 3.40. The van der Waals surface area contributed by atoms with E-state index in [-0.39, 0.29) is 5.91 Å². The van der Waals surface area contributed by atoms with Crippen LogP contribution < -0.4 is 10.1 Å². The highest BCUT2D eigenvalue weighted by Crippen LogP contribution is 2.42. The van der Waals surface area contributed by atoms with Crippen LogP contribution in [-0.2, 0) is 0 Å². The number of carbonyl (C=O) groups is 1. The molecular weight excluding hydrogens is 356 g/mol. The van der Waals surface area contributed by atoms with E-state index in [4.69, 9.17) is 4.74 Å². The number of nitrogens with zero attached hydrogens (tertiary/aromatic N) is 3. The van der Waals surface area contributed by atoms with Gasteiger partial charge in [-0.25, -0.2) is 4.98 Å². The summed E-state index contributed by atoms with van der Waals surface area (Å²) in [6.45, 7) is 1.84. The van der Waals surface area contributed by atoms with Crippen LogP contribution in [0.15, 0.2) is 24.3 Å². The number of benzene rings is 1. The second kappa shape index (κ2) is 6.53. The molecule has 6 nitrogen and oxygen atoms in total. The molecule has 1 aliphatic rings. The van der Waals surface area contributed by atoms with Crippen LogP contribution in [0.25, 0.3) is 10.6 Å². The minimum absolute atomic E-state index is 0.192. The number of ether oxygens (including phenoxy) is 1. The van der Waals surface area contributed by atoms with Gasteiger partial charge in [-0.1, -0.05) is 23.5 Å². The summed E-state index contributed by atoms with van der Waals surface area (Å²) in [4.78, 5) is 17.7. The summed E-state index contributed by atoms with van der Waals surface area (Å²) in [6.07, 6.45) is 2.33. The summed E-state index contributed by atoms with van der Waals surface area (Å²) in [6, 6.07) is 7.65. The molecule has 2 heterocycles. The molecule has 0 saturated heterocycles. The van der Waals surface area contributed by atoms with Gasteiger partial charge in [-0.3, -0.25) is 10.1 Å². The molecule has 8 heteroatoms. The SMILES string of the molecule is COc1cccc(-c2nc(C)c(C(=O)Nc3nnc(C4CC4)s3)s2)c1. The fraction of sp³-hybridized carbons (Fsp3) is 0.294. The van der Waals surface area contributed by atoms with Gasteiger partial charge >= 0.3 is 0 Å². The molecule has 1 aliphatic carbocycles. The smallest absolute Gasteiger partial charge is 0.269 e. The first-order chi connectivity index (χ1) is 12.1. The third-order valence-corrected chi connectivity index (χ3v) is 6.11. The Balaban J connectivity index is 1.55. The van der Waals surface area contributed by atoms with Crippen LogP contribution >= 0.6 is 22.7 Å². The van der Waals surface area contributed by atoms with Gasteiger partial charge in [-0.05, 0) is 31.9 Å². The highest BCUT2D eigenvalue weighted by Gasteiger charge is 2.28. The maximum absolute atomic E-state index is 12.6. The average molecular weight is 372 g/mol. The molecule has 1 N–H and O–H groups in total. The van der Waals surface area contributed by atoms with Crippen molar-refractivity contribution < 1.29 is 9.53 Å². The Morgan fingerprint density at radius 2 is 2.12 bits per heavy atom. The molecule has 0 atom stereocenters. The van der Waals surface area contributed by atoms with Gasteiger partial charge in [-0.2, -0.15) is 0 Å². The first kappa shape index (κ1) is 16.2. The number of nitrogens with one attached hydrogen (secondary N) is 1. The maximum Gasteiger partial charge on any atom is 0.269 e. The number of aromatic nitrogens is 3. The van der Waals surface area contributed by atoms with Crippen LogP contribution in [0, 0.1) is 6.92 Å². The van der Waals surface area contributed by atoms with Gasteiger partial charge in [0.1, 0.15) is 20.6 Å². The number of carbonyl (C=O) groups excluding carboxylic acids is 1. The summed E-state index contributed by atoms with van der Waals surface area (Å²) in [5.74, 6) is 1.11. The Labute approximate surface area is 152 Å². The van der Waals surface area contributed by atoms with Crippen molar-refractivity contribution in [1.29, 1.82) is 0 Å². The molecule has 0 radical (unpaired) electrons. The summed E-state index contributed by atoms with van der Waals surface area (Å²) in [5.41, 5.74) is 1.63. The molecule has 0 bridgehead atoms. The first-order valence-electron chi connectivity index (χ1n) is 7.90. The molecule has 1 fully saturated rings. The van der Waals surface area contributed by atoms with Crippen molar-refractivity contribution in [2.75, 3.05) is 12.4 Å². The average Bonchev–Trinajstić information content (AvgIpc) is 3.25. The largest absolute Gasteiger partial charge is 0.497 e. The Bertz CT molecular complexity index is 930. The molecule has 128 valence electrons. The van der Waals surface area contributed by atoms with Crippen LogP contribution in [0.2, 0.25) is 0 Å². The van der Waals surface area contributed by atoms with Crippen molar-refractivity contribution >= 4 is 33.7 Å². The summed E-state index contributed by atoms with van der Waals surface area (Å²) in [7, 11) is 1.63. The van der Waals surface area contributed by atoms with Gasteiger partial charge in [0, 0.05) is 11.5 Å². The monoisotopic (exact) mass is 372 g/mol. The summed E-state index contributed by atoms with van der Waals surface area (Å²) < 4.78 is 5.25. The Kier molecular flexibility index (Phi) is 4.22. The number of amides is 1. The normalized spacial score (nSPS) is 13.7. The Morgan fingerprint density at radius 1 is 1.28 bits per heavy atom. The second-order valence-electron chi connectivity index (χ2n) is 5.84. The molecule has 25 heavy (non-hydrogen) atoms. The Hall–Kier alpha value is -2.32. The van der Waals surface area contributed by atoms with Crippen LogP contribution in [0.5, 0.6) is 5.75 Å². The van der Waals surface area contributed by atoms with Gasteiger partial charge in [0.15, 0.2) is 0 Å². The summed E-state index contributed by atoms with van der Waals surface area (Å²) >= 11 is 2.82. The van der Waals surface area contributed by atoms with E-state index in [1.54, 1.807) is 7.11 Å². The Morgan fingerprint density at radius 3 is 2.88 bits per heavy atom. The zero-order valence-electron chi connectivity index (χ0n) is 13.8. The van der Waals surface area contributed by atoms with E-state index in [9.17, 15) is 4.79 Å². The van der Waals surface area contributed by atoms with E-state index >= 15 is 0 Å². The minimum atomic E-state index is -0.192. The number of hydrogen-bond donors (Lipinski definition) is 1. The number of rotatable bonds is 5. The quantitative estimate of drug-likeness (QED) is 0.729. The van der Waals surface area contributed by atoms with Gasteiger partial charge in [-0.15, -0.1) is 21.5 Å². The van der Waals surface area contributed by atoms with Gasteiger partial charge in [0.05, 0.1) is 12.8 Å². The van der Waals surface area contributed by atoms with E-state index in [1.807, 2.05) is 31.2 Å². The van der Waals surface area contributed by atoms with Crippen LogP contribution in [0.4, 0.5) is 5.13 Å². The number of aryl methyl sites for hydroxylation is 1. The van der Waals surface area contributed by atoms with Crippen molar-refractivity contribution in [2.45, 2.75) is 25.7 Å². The molecule has 0 aliphatic heterocycles. The van der Waals surface area contributed by atoms with Gasteiger partial charge < -0.3 is 4.74 Å². The maximum atomic E-state index is 12.6.